The number of carboxylic acid groups (broad SMARTS) is 2. The summed E-state index contributed by atoms with van der Waals surface area (Å²) in [5, 5.41) is 16.7. The molecule has 1 unspecified atom stereocenters. The molecule has 1 aliphatic rings. The minimum atomic E-state index is -0.820. The lowest BCUT2D eigenvalue weighted by Crippen LogP contribution is -2.38. The summed E-state index contributed by atoms with van der Waals surface area (Å²) in [7, 11) is 0. The number of aromatic nitrogens is 2. The van der Waals surface area contributed by atoms with Crippen LogP contribution < -0.4 is 0 Å². The lowest BCUT2D eigenvalue weighted by Gasteiger charge is -2.25. The molecule has 1 aromatic carbocycles. The standard InChI is InChI=1S/C17H19N3O2.CH2O2/c1-13-9-19-15(10-18-13)11-20-8-7-17(12-20,16(21)22)14-5-3-2-4-6-14;2-1-3/h2-6,9-10H,7-8,11-12H2,1H3,(H,21,22);1H,(H,2,3). The second kappa shape index (κ2) is 8.34. The van der Waals surface area contributed by atoms with Gasteiger partial charge in [0.25, 0.3) is 6.47 Å². The van der Waals surface area contributed by atoms with Crippen LogP contribution in [0.2, 0.25) is 0 Å². The molecule has 0 radical (unpaired) electrons. The minimum absolute atomic E-state index is 0.250. The number of hydrogen-bond donors (Lipinski definition) is 2. The molecule has 1 fully saturated rings. The monoisotopic (exact) mass is 343 g/mol. The third kappa shape index (κ3) is 4.39. The van der Waals surface area contributed by atoms with Gasteiger partial charge >= 0.3 is 5.97 Å². The van der Waals surface area contributed by atoms with Crippen LogP contribution in [0, 0.1) is 6.92 Å². The van der Waals surface area contributed by atoms with Gasteiger partial charge in [0.05, 0.1) is 11.4 Å². The van der Waals surface area contributed by atoms with Gasteiger partial charge in [-0.1, -0.05) is 30.3 Å². The van der Waals surface area contributed by atoms with Gasteiger partial charge in [-0.3, -0.25) is 24.5 Å². The number of aryl methyl sites for hydroxylation is 1. The molecule has 1 aromatic heterocycles. The SMILES string of the molecule is Cc1cnc(CN2CCC(C(=O)O)(c3ccccc3)C2)cn1.O=CO. The maximum absolute atomic E-state index is 11.9. The highest BCUT2D eigenvalue weighted by Gasteiger charge is 2.46. The summed E-state index contributed by atoms with van der Waals surface area (Å²) in [5.74, 6) is -0.754. The first-order valence-corrected chi connectivity index (χ1v) is 7.88. The molecule has 0 aliphatic carbocycles. The smallest absolute Gasteiger partial charge is 0.315 e. The molecule has 1 aliphatic heterocycles. The summed E-state index contributed by atoms with van der Waals surface area (Å²) in [6.07, 6.45) is 4.12. The fourth-order valence-electron chi connectivity index (χ4n) is 3.04. The molecule has 1 saturated heterocycles. The summed E-state index contributed by atoms with van der Waals surface area (Å²) in [6.45, 7) is 3.53. The van der Waals surface area contributed by atoms with Crippen molar-refractivity contribution < 1.29 is 19.8 Å². The fourth-order valence-corrected chi connectivity index (χ4v) is 3.04. The highest BCUT2D eigenvalue weighted by molar-refractivity contribution is 5.82. The van der Waals surface area contributed by atoms with Crippen LogP contribution >= 0.6 is 0 Å². The van der Waals surface area contributed by atoms with Crippen molar-refractivity contribution in [3.63, 3.8) is 0 Å². The van der Waals surface area contributed by atoms with E-state index in [0.717, 1.165) is 23.5 Å². The zero-order valence-corrected chi connectivity index (χ0v) is 14.0. The minimum Gasteiger partial charge on any atom is -0.483 e. The van der Waals surface area contributed by atoms with Crippen molar-refractivity contribution in [2.75, 3.05) is 13.1 Å². The Bertz CT molecular complexity index is 706. The molecule has 0 spiro atoms. The van der Waals surface area contributed by atoms with Crippen LogP contribution in [-0.4, -0.2) is 50.6 Å². The van der Waals surface area contributed by atoms with Gasteiger partial charge in [0.1, 0.15) is 5.41 Å². The van der Waals surface area contributed by atoms with E-state index in [0.29, 0.717) is 19.5 Å². The second-order valence-corrected chi connectivity index (χ2v) is 5.97. The molecule has 25 heavy (non-hydrogen) atoms. The predicted octanol–water partition coefficient (Wildman–Crippen LogP) is 1.71. The zero-order chi connectivity index (χ0) is 18.3. The summed E-state index contributed by atoms with van der Waals surface area (Å²) >= 11 is 0. The van der Waals surface area contributed by atoms with E-state index in [-0.39, 0.29) is 6.47 Å². The largest absolute Gasteiger partial charge is 0.483 e. The summed E-state index contributed by atoms with van der Waals surface area (Å²) < 4.78 is 0. The number of hydrogen-bond acceptors (Lipinski definition) is 5. The number of likely N-dealkylation sites (tertiary alicyclic amines) is 1. The van der Waals surface area contributed by atoms with Crippen molar-refractivity contribution in [1.82, 2.24) is 14.9 Å². The molecule has 0 bridgehead atoms. The molecule has 0 amide bonds. The molecule has 3 rings (SSSR count). The van der Waals surface area contributed by atoms with Gasteiger partial charge in [-0.2, -0.15) is 0 Å². The first-order chi connectivity index (χ1) is 12.0. The van der Waals surface area contributed by atoms with Crippen molar-refractivity contribution >= 4 is 12.4 Å². The van der Waals surface area contributed by atoms with E-state index in [9.17, 15) is 9.90 Å². The molecule has 7 nitrogen and oxygen atoms in total. The third-order valence-corrected chi connectivity index (χ3v) is 4.30. The molecular weight excluding hydrogens is 322 g/mol. The Kier molecular flexibility index (Phi) is 6.19. The Hall–Kier alpha value is -2.80. The van der Waals surface area contributed by atoms with Crippen molar-refractivity contribution in [1.29, 1.82) is 0 Å². The van der Waals surface area contributed by atoms with Gasteiger partial charge < -0.3 is 10.2 Å². The van der Waals surface area contributed by atoms with E-state index in [1.54, 1.807) is 12.4 Å². The molecule has 7 heteroatoms. The van der Waals surface area contributed by atoms with Gasteiger partial charge in [-0.25, -0.2) is 0 Å². The quantitative estimate of drug-likeness (QED) is 0.815. The predicted molar refractivity (Wildman–Crippen MR) is 91.1 cm³/mol. The topological polar surface area (TPSA) is 104 Å². The van der Waals surface area contributed by atoms with Crippen LogP contribution in [0.15, 0.2) is 42.7 Å². The third-order valence-electron chi connectivity index (χ3n) is 4.30. The van der Waals surface area contributed by atoms with Crippen LogP contribution in [0.5, 0.6) is 0 Å². The second-order valence-electron chi connectivity index (χ2n) is 5.97. The van der Waals surface area contributed by atoms with E-state index in [1.165, 1.54) is 0 Å². The molecule has 2 heterocycles. The summed E-state index contributed by atoms with van der Waals surface area (Å²) in [4.78, 5) is 31.0. The zero-order valence-electron chi connectivity index (χ0n) is 14.0. The number of rotatable bonds is 4. The van der Waals surface area contributed by atoms with E-state index in [4.69, 9.17) is 9.90 Å². The maximum atomic E-state index is 11.9. The van der Waals surface area contributed by atoms with Crippen LogP contribution in [0.1, 0.15) is 23.4 Å². The molecule has 0 saturated carbocycles. The maximum Gasteiger partial charge on any atom is 0.315 e. The van der Waals surface area contributed by atoms with Crippen molar-refractivity contribution in [3.8, 4) is 0 Å². The average Bonchev–Trinajstić information content (AvgIpc) is 3.04. The van der Waals surface area contributed by atoms with E-state index in [1.807, 2.05) is 37.3 Å². The molecule has 132 valence electrons. The average molecular weight is 343 g/mol. The van der Waals surface area contributed by atoms with Crippen LogP contribution in [0.25, 0.3) is 0 Å². The lowest BCUT2D eigenvalue weighted by atomic mass is 9.80. The molecule has 2 N–H and O–H groups in total. The Labute approximate surface area is 146 Å². The highest BCUT2D eigenvalue weighted by Crippen LogP contribution is 2.35. The first-order valence-electron chi connectivity index (χ1n) is 7.88. The van der Waals surface area contributed by atoms with E-state index >= 15 is 0 Å². The number of aliphatic carboxylic acids is 1. The number of nitrogens with zero attached hydrogens (tertiary/aromatic N) is 3. The summed E-state index contributed by atoms with van der Waals surface area (Å²) in [5.41, 5.74) is 1.81. The van der Waals surface area contributed by atoms with Gasteiger partial charge in [-0.05, 0) is 18.9 Å². The van der Waals surface area contributed by atoms with E-state index in [2.05, 4.69) is 14.9 Å². The fraction of sp³-hybridized carbons (Fsp3) is 0.333. The number of carbonyl (C=O) groups is 2. The highest BCUT2D eigenvalue weighted by atomic mass is 16.4. The van der Waals surface area contributed by atoms with Crippen molar-refractivity contribution in [3.05, 3.63) is 59.7 Å². The Balaban J connectivity index is 0.000000701. The molecular formula is C18H21N3O4. The van der Waals surface area contributed by atoms with Gasteiger partial charge in [0.2, 0.25) is 0 Å². The van der Waals surface area contributed by atoms with Crippen LogP contribution in [-0.2, 0) is 21.5 Å². The van der Waals surface area contributed by atoms with Crippen LogP contribution in [0.3, 0.4) is 0 Å². The van der Waals surface area contributed by atoms with Crippen molar-refractivity contribution in [2.45, 2.75) is 25.3 Å². The Morgan fingerprint density at radius 3 is 2.52 bits per heavy atom. The summed E-state index contributed by atoms with van der Waals surface area (Å²) in [6, 6.07) is 9.52. The van der Waals surface area contributed by atoms with Crippen molar-refractivity contribution in [2.24, 2.45) is 0 Å². The normalized spacial score (nSPS) is 19.7. The number of benzene rings is 1. The van der Waals surface area contributed by atoms with E-state index < -0.39 is 11.4 Å². The Morgan fingerprint density at radius 1 is 1.28 bits per heavy atom. The number of carboxylic acids is 1. The first kappa shape index (κ1) is 18.5. The van der Waals surface area contributed by atoms with Gasteiger partial charge in [0, 0.05) is 32.0 Å². The van der Waals surface area contributed by atoms with Crippen LogP contribution in [0.4, 0.5) is 0 Å². The Morgan fingerprint density at radius 2 is 1.96 bits per heavy atom. The van der Waals surface area contributed by atoms with Gasteiger partial charge in [-0.15, -0.1) is 0 Å². The molecule has 1 atom stereocenters. The lowest BCUT2D eigenvalue weighted by molar-refractivity contribution is -0.143. The molecule has 2 aromatic rings. The van der Waals surface area contributed by atoms with Gasteiger partial charge in [0.15, 0.2) is 0 Å².